The number of hydrogen-bond acceptors (Lipinski definition) is 9. The number of nitrogens with zero attached hydrogens (tertiary/aromatic N) is 5. The van der Waals surface area contributed by atoms with Crippen LogP contribution in [-0.4, -0.2) is 42.2 Å². The molecule has 11 nitrogen and oxygen atoms in total. The van der Waals surface area contributed by atoms with Crippen molar-refractivity contribution in [2.24, 2.45) is 0 Å². The van der Waals surface area contributed by atoms with Crippen LogP contribution in [-0.2, 0) is 17.8 Å². The highest BCUT2D eigenvalue weighted by atomic mass is 16.4. The number of ketones is 1. The van der Waals surface area contributed by atoms with Gasteiger partial charge in [-0.05, 0) is 29.8 Å². The third-order valence-corrected chi connectivity index (χ3v) is 5.61. The molecular formula is C26H21N7O4. The van der Waals surface area contributed by atoms with Crippen LogP contribution in [0.15, 0.2) is 88.6 Å². The molecule has 1 amide bonds. The van der Waals surface area contributed by atoms with Gasteiger partial charge in [-0.15, -0.1) is 0 Å². The first-order valence-corrected chi connectivity index (χ1v) is 11.3. The summed E-state index contributed by atoms with van der Waals surface area (Å²) in [6, 6.07) is 14.9. The highest BCUT2D eigenvalue weighted by Crippen LogP contribution is 2.17. The summed E-state index contributed by atoms with van der Waals surface area (Å²) in [5, 5.41) is 2.73. The molecule has 0 spiro atoms. The fourth-order valence-corrected chi connectivity index (χ4v) is 3.85. The van der Waals surface area contributed by atoms with E-state index in [0.29, 0.717) is 11.1 Å². The molecule has 1 aromatic carbocycles. The first kappa shape index (κ1) is 23.5. The lowest BCUT2D eigenvalue weighted by atomic mass is 10.0. The molecule has 1 unspecified atom stereocenters. The number of aromatic nitrogens is 5. The molecule has 1 atom stereocenters. The molecule has 0 saturated heterocycles. The number of carbonyl (C=O) groups excluding carboxylic acids is 2. The fraction of sp³-hybridized carbons (Fsp3) is 0.115. The third-order valence-electron chi connectivity index (χ3n) is 5.61. The van der Waals surface area contributed by atoms with Crippen LogP contribution >= 0.6 is 0 Å². The van der Waals surface area contributed by atoms with Crippen LogP contribution in [0.3, 0.4) is 0 Å². The smallest absolute Gasteiger partial charge is 0.277 e. The molecule has 0 fully saturated rings. The summed E-state index contributed by atoms with van der Waals surface area (Å²) in [7, 11) is 0. The van der Waals surface area contributed by atoms with Gasteiger partial charge in [-0.25, -0.2) is 9.97 Å². The lowest BCUT2D eigenvalue weighted by molar-refractivity contribution is -0.122. The van der Waals surface area contributed by atoms with Gasteiger partial charge in [-0.1, -0.05) is 30.3 Å². The van der Waals surface area contributed by atoms with Gasteiger partial charge in [0.1, 0.15) is 24.1 Å². The van der Waals surface area contributed by atoms with Gasteiger partial charge < -0.3 is 15.5 Å². The number of benzene rings is 1. The number of anilines is 1. The molecule has 0 aliphatic heterocycles. The van der Waals surface area contributed by atoms with Crippen molar-refractivity contribution in [3.63, 3.8) is 0 Å². The molecule has 0 aliphatic rings. The fourth-order valence-electron chi connectivity index (χ4n) is 3.85. The van der Waals surface area contributed by atoms with Crippen LogP contribution in [0, 0.1) is 0 Å². The number of fused-ring (bicyclic) bond motifs is 1. The van der Waals surface area contributed by atoms with Gasteiger partial charge in [0.05, 0.1) is 6.20 Å². The zero-order valence-corrected chi connectivity index (χ0v) is 19.4. The lowest BCUT2D eigenvalue weighted by Gasteiger charge is -2.18. The SMILES string of the molecule is Nc1cnc(-c2cccnc2)n(CC(=O)NC(Cc2ccccc2)C(=O)c2nc3ncccc3o2)c1=O. The zero-order chi connectivity index (χ0) is 25.8. The first-order chi connectivity index (χ1) is 18.0. The minimum atomic E-state index is -1.02. The van der Waals surface area contributed by atoms with Gasteiger partial charge in [0.2, 0.25) is 11.7 Å². The van der Waals surface area contributed by atoms with Crippen LogP contribution in [0.25, 0.3) is 22.6 Å². The molecule has 4 aromatic heterocycles. The molecule has 0 bridgehead atoms. The van der Waals surface area contributed by atoms with Crippen molar-refractivity contribution in [1.29, 1.82) is 0 Å². The topological polar surface area (TPSA) is 159 Å². The summed E-state index contributed by atoms with van der Waals surface area (Å²) in [6.45, 7) is -0.422. The van der Waals surface area contributed by atoms with E-state index in [2.05, 4.69) is 25.3 Å². The van der Waals surface area contributed by atoms with Crippen molar-refractivity contribution in [3.05, 3.63) is 101 Å². The number of pyridine rings is 2. The van der Waals surface area contributed by atoms with Crippen LogP contribution in [0.1, 0.15) is 16.2 Å². The van der Waals surface area contributed by atoms with E-state index < -0.39 is 29.8 Å². The number of Topliss-reactive ketones (excluding diaryl/α,β-unsaturated/α-hetero) is 1. The monoisotopic (exact) mass is 495 g/mol. The van der Waals surface area contributed by atoms with Crippen molar-refractivity contribution in [3.8, 4) is 11.4 Å². The Hall–Kier alpha value is -5.19. The highest BCUT2D eigenvalue weighted by molar-refractivity contribution is 6.00. The van der Waals surface area contributed by atoms with Crippen LogP contribution in [0.5, 0.6) is 0 Å². The summed E-state index contributed by atoms with van der Waals surface area (Å²) >= 11 is 0. The van der Waals surface area contributed by atoms with E-state index in [1.165, 1.54) is 12.4 Å². The minimum Gasteiger partial charge on any atom is -0.432 e. The first-order valence-electron chi connectivity index (χ1n) is 11.3. The molecule has 0 radical (unpaired) electrons. The predicted molar refractivity (Wildman–Crippen MR) is 134 cm³/mol. The number of oxazole rings is 1. The molecule has 11 heteroatoms. The largest absolute Gasteiger partial charge is 0.432 e. The summed E-state index contributed by atoms with van der Waals surface area (Å²) < 4.78 is 6.74. The number of hydrogen-bond donors (Lipinski definition) is 2. The molecule has 4 heterocycles. The Balaban J connectivity index is 1.45. The molecule has 3 N–H and O–H groups in total. The third kappa shape index (κ3) is 5.10. The van der Waals surface area contributed by atoms with E-state index in [1.807, 2.05) is 30.3 Å². The Labute approximate surface area is 210 Å². The molecule has 0 aliphatic carbocycles. The maximum Gasteiger partial charge on any atom is 0.277 e. The normalized spacial score (nSPS) is 11.8. The van der Waals surface area contributed by atoms with E-state index in [0.717, 1.165) is 10.1 Å². The Morgan fingerprint density at radius 1 is 1.00 bits per heavy atom. The van der Waals surface area contributed by atoms with Crippen molar-refractivity contribution in [2.45, 2.75) is 19.0 Å². The summed E-state index contributed by atoms with van der Waals surface area (Å²) in [5.41, 5.74) is 7.07. The quantitative estimate of drug-likeness (QED) is 0.307. The van der Waals surface area contributed by atoms with Crippen molar-refractivity contribution in [1.82, 2.24) is 29.8 Å². The van der Waals surface area contributed by atoms with Gasteiger partial charge >= 0.3 is 0 Å². The standard InChI is InChI=1S/C26H21N7O4/c27-18-14-30-24(17-8-4-10-28-13-17)33(26(18)36)15-21(34)31-19(12-16-6-2-1-3-7-16)22(35)25-32-23-20(37-25)9-5-11-29-23/h1-11,13-14,19H,12,15,27H2,(H,31,34). The summed E-state index contributed by atoms with van der Waals surface area (Å²) in [6.07, 6.45) is 6.06. The van der Waals surface area contributed by atoms with Gasteiger partial charge in [-0.3, -0.25) is 23.9 Å². The van der Waals surface area contributed by atoms with Gasteiger partial charge in [0.15, 0.2) is 11.2 Å². The van der Waals surface area contributed by atoms with E-state index >= 15 is 0 Å². The number of rotatable bonds is 8. The molecule has 184 valence electrons. The molecule has 5 rings (SSSR count). The van der Waals surface area contributed by atoms with Gasteiger partial charge in [0, 0.05) is 30.6 Å². The predicted octanol–water partition coefficient (Wildman–Crippen LogP) is 2.03. The Morgan fingerprint density at radius 2 is 1.81 bits per heavy atom. The Bertz CT molecular complexity index is 1600. The Kier molecular flexibility index (Phi) is 6.49. The zero-order valence-electron chi connectivity index (χ0n) is 19.4. The maximum absolute atomic E-state index is 13.4. The number of nitrogens with one attached hydrogen (secondary N) is 1. The highest BCUT2D eigenvalue weighted by Gasteiger charge is 2.28. The number of nitrogens with two attached hydrogens (primary N) is 1. The number of amides is 1. The van der Waals surface area contributed by atoms with Gasteiger partial charge in [-0.2, -0.15) is 4.98 Å². The average Bonchev–Trinajstić information content (AvgIpc) is 3.36. The van der Waals surface area contributed by atoms with E-state index in [4.69, 9.17) is 10.2 Å². The number of nitrogen functional groups attached to an aromatic ring is 1. The number of carbonyl (C=O) groups is 2. The van der Waals surface area contributed by atoms with E-state index in [9.17, 15) is 14.4 Å². The van der Waals surface area contributed by atoms with Crippen LogP contribution < -0.4 is 16.6 Å². The summed E-state index contributed by atoms with van der Waals surface area (Å²) in [5.74, 6) is -1.07. The second kappa shape index (κ2) is 10.2. The minimum absolute atomic E-state index is 0.115. The molecular weight excluding hydrogens is 474 g/mol. The Morgan fingerprint density at radius 3 is 2.57 bits per heavy atom. The summed E-state index contributed by atoms with van der Waals surface area (Å²) in [4.78, 5) is 56.0. The van der Waals surface area contributed by atoms with E-state index in [-0.39, 0.29) is 29.5 Å². The van der Waals surface area contributed by atoms with Crippen molar-refractivity contribution in [2.75, 3.05) is 5.73 Å². The lowest BCUT2D eigenvalue weighted by Crippen LogP contribution is -2.45. The second-order valence-electron chi connectivity index (χ2n) is 8.19. The van der Waals surface area contributed by atoms with Crippen molar-refractivity contribution < 1.29 is 14.0 Å². The van der Waals surface area contributed by atoms with E-state index in [1.54, 1.807) is 36.7 Å². The second-order valence-corrected chi connectivity index (χ2v) is 8.19. The van der Waals surface area contributed by atoms with Crippen LogP contribution in [0.4, 0.5) is 5.69 Å². The maximum atomic E-state index is 13.4. The molecule has 0 saturated carbocycles. The molecule has 37 heavy (non-hydrogen) atoms. The van der Waals surface area contributed by atoms with Gasteiger partial charge in [0.25, 0.3) is 11.4 Å². The van der Waals surface area contributed by atoms with Crippen molar-refractivity contribution >= 4 is 28.6 Å². The molecule has 5 aromatic rings. The average molecular weight is 495 g/mol. The van der Waals surface area contributed by atoms with Crippen LogP contribution in [0.2, 0.25) is 0 Å².